The minimum atomic E-state index is -0.600. The Labute approximate surface area is 255 Å². The maximum absolute atomic E-state index is 10.3. The molecule has 0 spiro atoms. The van der Waals surface area contributed by atoms with E-state index in [1.165, 1.54) is 24.5 Å². The zero-order chi connectivity index (χ0) is 34.9. The Morgan fingerprint density at radius 1 is 0.636 bits per heavy atom. The van der Waals surface area contributed by atoms with E-state index in [1.54, 1.807) is 36.4 Å². The molecule has 196 valence electrons. The van der Waals surface area contributed by atoms with Crippen LogP contribution in [0.2, 0.25) is 0 Å². The highest BCUT2D eigenvalue weighted by Gasteiger charge is 2.18. The summed E-state index contributed by atoms with van der Waals surface area (Å²) in [4.78, 5) is 15.5. The largest absolute Gasteiger partial charge is 0.256 e. The number of nitriles is 6. The second kappa shape index (κ2) is 11.3. The highest BCUT2D eigenvalue weighted by atomic mass is 14.7. The maximum atomic E-state index is 10.3. The SMILES string of the molecule is [2H]c1c(C#N)c([2H])c([N+]#[C-])c(/C(C#N)=c2\cnc3ccc4nc/c(=C(/C#N)c5c(C#N)c([2H])c(C#N)c([2H])c5[N+]#[C-])cc4c3c2)c1C#N. The minimum absolute atomic E-state index is 0.101. The number of benzene rings is 3. The number of hydrogen-bond donors (Lipinski definition) is 0. The molecule has 0 aliphatic heterocycles. The quantitative estimate of drug-likeness (QED) is 0.217. The third-order valence-electron chi connectivity index (χ3n) is 6.46. The van der Waals surface area contributed by atoms with Gasteiger partial charge in [-0.2, -0.15) is 31.6 Å². The number of fused-ring (bicyclic) bond motifs is 3. The summed E-state index contributed by atoms with van der Waals surface area (Å²) in [7, 11) is 0. The number of aromatic nitrogens is 2. The van der Waals surface area contributed by atoms with E-state index in [4.69, 9.17) is 18.6 Å². The van der Waals surface area contributed by atoms with Crippen molar-refractivity contribution in [3.05, 3.63) is 127 Å². The van der Waals surface area contributed by atoms with Crippen molar-refractivity contribution < 1.29 is 5.48 Å². The van der Waals surface area contributed by atoms with E-state index >= 15 is 0 Å². The first-order valence-electron chi connectivity index (χ1n) is 14.1. The van der Waals surface area contributed by atoms with E-state index in [-0.39, 0.29) is 32.7 Å². The zero-order valence-corrected chi connectivity index (χ0v) is 21.9. The third kappa shape index (κ3) is 4.51. The van der Waals surface area contributed by atoms with Gasteiger partial charge in [-0.15, -0.1) is 0 Å². The second-order valence-corrected chi connectivity index (χ2v) is 8.74. The van der Waals surface area contributed by atoms with Crippen molar-refractivity contribution in [3.63, 3.8) is 0 Å². The molecule has 10 heteroatoms. The van der Waals surface area contributed by atoms with Crippen molar-refractivity contribution in [2.45, 2.75) is 0 Å². The first-order valence-corrected chi connectivity index (χ1v) is 12.1. The lowest BCUT2D eigenvalue weighted by atomic mass is 9.94. The van der Waals surface area contributed by atoms with Gasteiger partial charge in [0, 0.05) is 55.9 Å². The molecule has 2 heterocycles. The van der Waals surface area contributed by atoms with Crippen LogP contribution in [0, 0.1) is 81.1 Å². The Kier molecular flexibility index (Phi) is 5.89. The lowest BCUT2D eigenvalue weighted by molar-refractivity contribution is 1.34. The van der Waals surface area contributed by atoms with Gasteiger partial charge in [-0.05, 0) is 48.4 Å². The monoisotopic (exact) mass is 562 g/mol. The molecule has 0 amide bonds. The van der Waals surface area contributed by atoms with Gasteiger partial charge in [-0.1, -0.05) is 0 Å². The number of nitrogens with zero attached hydrogens (tertiary/aromatic N) is 10. The molecule has 5 aromatic rings. The van der Waals surface area contributed by atoms with Gasteiger partial charge in [0.05, 0.1) is 88.3 Å². The van der Waals surface area contributed by atoms with E-state index in [0.717, 1.165) is 0 Å². The van der Waals surface area contributed by atoms with Gasteiger partial charge in [0.15, 0.2) is 11.4 Å². The lowest BCUT2D eigenvalue weighted by Crippen LogP contribution is -2.11. The summed E-state index contributed by atoms with van der Waals surface area (Å²) in [6.07, 6.45) is 2.61. The summed E-state index contributed by atoms with van der Waals surface area (Å²) in [5.74, 6) is 0. The van der Waals surface area contributed by atoms with Crippen LogP contribution in [0.1, 0.15) is 38.9 Å². The fourth-order valence-electron chi connectivity index (χ4n) is 4.58. The predicted molar refractivity (Wildman–Crippen MR) is 157 cm³/mol. The van der Waals surface area contributed by atoms with E-state index in [0.29, 0.717) is 21.8 Å². The average molecular weight is 563 g/mol. The highest BCUT2D eigenvalue weighted by Crippen LogP contribution is 2.32. The summed E-state index contributed by atoms with van der Waals surface area (Å²) in [6.45, 7) is 15.3. The van der Waals surface area contributed by atoms with Crippen LogP contribution < -0.4 is 10.4 Å². The molecule has 0 saturated heterocycles. The van der Waals surface area contributed by atoms with Crippen molar-refractivity contribution in [1.29, 1.82) is 31.6 Å². The minimum Gasteiger partial charge on any atom is -0.256 e. The third-order valence-corrected chi connectivity index (χ3v) is 6.46. The zero-order valence-electron chi connectivity index (χ0n) is 25.9. The Balaban J connectivity index is 1.96. The van der Waals surface area contributed by atoms with Gasteiger partial charge in [0.1, 0.15) is 0 Å². The van der Waals surface area contributed by atoms with E-state index in [2.05, 4.69) is 19.7 Å². The fraction of sp³-hybridized carbons (Fsp3) is 0. The molecule has 0 atom stereocenters. The second-order valence-electron chi connectivity index (χ2n) is 8.74. The molecule has 0 fully saturated rings. The summed E-state index contributed by atoms with van der Waals surface area (Å²) in [5.41, 5.74) is -3.06. The number of pyridine rings is 2. The average Bonchev–Trinajstić information content (AvgIpc) is 3.09. The molecule has 44 heavy (non-hydrogen) atoms. The standard InChI is InChI=1S/C34H10N10/c1-41-31-7-19(11-35)5-21(13-37)33(31)27(15-39)23-9-25-26-10-24(18-44-30(26)4-3-29(25)43-17-23)28(16-40)34-22(14-38)6-20(12-36)8-32(34)42-2/h3-10,17-18H/b27-23-,28-24-/i5D,6D,7D,8D. The van der Waals surface area contributed by atoms with Crippen LogP contribution >= 0.6 is 0 Å². The smallest absolute Gasteiger partial charge is 0.198 e. The van der Waals surface area contributed by atoms with Gasteiger partial charge < -0.3 is 0 Å². The lowest BCUT2D eigenvalue weighted by Gasteiger charge is -2.09. The Hall–Kier alpha value is -7.86. The van der Waals surface area contributed by atoms with Gasteiger partial charge in [-0.25, -0.2) is 9.69 Å². The van der Waals surface area contributed by atoms with Crippen molar-refractivity contribution in [3.8, 4) is 36.4 Å². The maximum Gasteiger partial charge on any atom is 0.198 e. The number of hydrogen-bond acceptors (Lipinski definition) is 8. The molecular weight excluding hydrogens is 548 g/mol. The molecule has 5 rings (SSSR count). The van der Waals surface area contributed by atoms with Crippen LogP contribution in [0.3, 0.4) is 0 Å². The van der Waals surface area contributed by atoms with Gasteiger partial charge in [0.2, 0.25) is 0 Å². The summed E-state index contributed by atoms with van der Waals surface area (Å²) in [6, 6.07) is 14.7. The van der Waals surface area contributed by atoms with Crippen LogP contribution in [0.4, 0.5) is 11.4 Å². The Morgan fingerprint density at radius 2 is 1.05 bits per heavy atom. The van der Waals surface area contributed by atoms with Crippen molar-refractivity contribution in [1.82, 2.24) is 9.97 Å². The van der Waals surface area contributed by atoms with Crippen LogP contribution in [-0.4, -0.2) is 9.97 Å². The normalized spacial score (nSPS) is 12.5. The molecule has 0 unspecified atom stereocenters. The molecule has 0 aliphatic rings. The summed E-state index contributed by atoms with van der Waals surface area (Å²) < 4.78 is 33.2. The predicted octanol–water partition coefficient (Wildman–Crippen LogP) is 4.82. The van der Waals surface area contributed by atoms with Crippen LogP contribution in [0.25, 0.3) is 42.6 Å². The van der Waals surface area contributed by atoms with Crippen molar-refractivity contribution in [2.75, 3.05) is 0 Å². The van der Waals surface area contributed by atoms with E-state index in [1.807, 2.05) is 12.1 Å². The molecule has 0 bridgehead atoms. The van der Waals surface area contributed by atoms with Gasteiger partial charge >= 0.3 is 0 Å². The van der Waals surface area contributed by atoms with E-state index < -0.39 is 57.8 Å². The molecule has 2 aromatic heterocycles. The van der Waals surface area contributed by atoms with Crippen LogP contribution in [-0.2, 0) is 0 Å². The topological polar surface area (TPSA) is 177 Å². The summed E-state index contributed by atoms with van der Waals surface area (Å²) >= 11 is 0. The first kappa shape index (κ1) is 22.9. The molecule has 0 saturated carbocycles. The number of rotatable bonds is 2. The van der Waals surface area contributed by atoms with Crippen LogP contribution in [0.15, 0.2) is 60.8 Å². The van der Waals surface area contributed by atoms with Crippen molar-refractivity contribution >= 4 is 44.3 Å². The molecule has 0 radical (unpaired) electrons. The van der Waals surface area contributed by atoms with Gasteiger partial charge in [0.25, 0.3) is 0 Å². The Bertz CT molecular complexity index is 2550. The molecule has 10 nitrogen and oxygen atoms in total. The molecule has 0 aliphatic carbocycles. The van der Waals surface area contributed by atoms with Crippen LogP contribution in [0.5, 0.6) is 0 Å². The van der Waals surface area contributed by atoms with Crippen molar-refractivity contribution in [2.24, 2.45) is 0 Å². The first-order chi connectivity index (χ1) is 23.1. The Morgan fingerprint density at radius 3 is 1.36 bits per heavy atom. The fourth-order valence-corrected chi connectivity index (χ4v) is 4.58. The molecular formula is C34H10N10. The molecule has 3 aromatic carbocycles. The van der Waals surface area contributed by atoms with Gasteiger partial charge in [-0.3, -0.25) is 9.97 Å². The highest BCUT2D eigenvalue weighted by molar-refractivity contribution is 6.05. The van der Waals surface area contributed by atoms with E-state index in [9.17, 15) is 31.6 Å². The summed E-state index contributed by atoms with van der Waals surface area (Å²) in [5, 5.41) is 60.1. The molecule has 0 N–H and O–H groups in total.